The van der Waals surface area contributed by atoms with Crippen LogP contribution in [-0.4, -0.2) is 29.3 Å². The van der Waals surface area contributed by atoms with Crippen LogP contribution >= 0.6 is 0 Å². The fourth-order valence-electron chi connectivity index (χ4n) is 6.63. The van der Waals surface area contributed by atoms with E-state index in [2.05, 4.69) is 156 Å². The Morgan fingerprint density at radius 3 is 1.41 bits per heavy atom. The summed E-state index contributed by atoms with van der Waals surface area (Å²) in [6, 6.07) is 52.8. The van der Waals surface area contributed by atoms with Crippen LogP contribution in [0.15, 0.2) is 176 Å². The van der Waals surface area contributed by atoms with Gasteiger partial charge in [0, 0.05) is 69.4 Å². The van der Waals surface area contributed by atoms with E-state index in [1.807, 2.05) is 30.3 Å². The van der Waals surface area contributed by atoms with Crippen molar-refractivity contribution in [1.29, 1.82) is 0 Å². The molecule has 232 valence electrons. The van der Waals surface area contributed by atoms with Gasteiger partial charge in [0.15, 0.2) is 11.6 Å². The van der Waals surface area contributed by atoms with Crippen molar-refractivity contribution in [2.45, 2.75) is 0 Å². The summed E-state index contributed by atoms with van der Waals surface area (Å²) in [7, 11) is 0. The Bertz CT molecular complexity index is 2470. The lowest BCUT2D eigenvalue weighted by atomic mass is 10.1. The van der Waals surface area contributed by atoms with E-state index in [9.17, 15) is 0 Å². The second-order valence-electron chi connectivity index (χ2n) is 11.7. The molecule has 0 fully saturated rings. The quantitative estimate of drug-likeness (QED) is 0.175. The Morgan fingerprint density at radius 1 is 0.367 bits per heavy atom. The molecule has 0 saturated carbocycles. The summed E-state index contributed by atoms with van der Waals surface area (Å²) in [5.41, 5.74) is 9.47. The minimum Gasteiger partial charge on any atom is -0.311 e. The van der Waals surface area contributed by atoms with Crippen LogP contribution in [0.4, 0.5) is 17.1 Å². The first-order valence-electron chi connectivity index (χ1n) is 16.1. The Kier molecular flexibility index (Phi) is 6.98. The van der Waals surface area contributed by atoms with Gasteiger partial charge in [0.05, 0.1) is 16.7 Å². The van der Waals surface area contributed by atoms with Crippen LogP contribution in [0.2, 0.25) is 0 Å². The number of pyridine rings is 2. The second-order valence-corrected chi connectivity index (χ2v) is 11.7. The molecule has 0 N–H and O–H groups in total. The monoisotopic (exact) mass is 631 g/mol. The summed E-state index contributed by atoms with van der Waals surface area (Å²) >= 11 is 0. The Hall–Kier alpha value is -6.86. The highest BCUT2D eigenvalue weighted by atomic mass is 15.3. The number of aromatic nitrogens is 6. The SMILES string of the molecule is c1ccc(N(c2ccc(-c3nnc(-c4ccncc4)n3-c3ccncc3)cc2)c2ccc(-n3c4ccccc4c4ccccc43)cc2)cc1. The predicted molar refractivity (Wildman–Crippen MR) is 197 cm³/mol. The third-order valence-electron chi connectivity index (χ3n) is 8.87. The van der Waals surface area contributed by atoms with Crippen molar-refractivity contribution in [2.24, 2.45) is 0 Å². The molecule has 0 aliphatic rings. The van der Waals surface area contributed by atoms with E-state index < -0.39 is 0 Å². The molecule has 0 saturated heterocycles. The number of hydrogen-bond acceptors (Lipinski definition) is 5. The van der Waals surface area contributed by atoms with E-state index in [0.29, 0.717) is 0 Å². The van der Waals surface area contributed by atoms with Crippen molar-refractivity contribution in [3.8, 4) is 34.2 Å². The average molecular weight is 632 g/mol. The topological polar surface area (TPSA) is 64.7 Å². The molecule has 9 rings (SSSR count). The molecule has 0 atom stereocenters. The maximum absolute atomic E-state index is 4.66. The molecule has 0 aliphatic carbocycles. The molecule has 4 heterocycles. The number of benzene rings is 5. The maximum Gasteiger partial charge on any atom is 0.168 e. The highest BCUT2D eigenvalue weighted by molar-refractivity contribution is 6.09. The fraction of sp³-hybridized carbons (Fsp3) is 0. The molecule has 5 aromatic carbocycles. The summed E-state index contributed by atoms with van der Waals surface area (Å²) in [4.78, 5) is 10.7. The van der Waals surface area contributed by atoms with Crippen LogP contribution in [0.25, 0.3) is 56.0 Å². The molecule has 49 heavy (non-hydrogen) atoms. The van der Waals surface area contributed by atoms with Gasteiger partial charge in [0.25, 0.3) is 0 Å². The normalized spacial score (nSPS) is 11.3. The number of rotatable bonds is 7. The van der Waals surface area contributed by atoms with Gasteiger partial charge in [-0.05, 0) is 97.1 Å². The number of nitrogens with zero attached hydrogens (tertiary/aromatic N) is 7. The van der Waals surface area contributed by atoms with Crippen molar-refractivity contribution in [3.63, 3.8) is 0 Å². The molecule has 4 aromatic heterocycles. The molecule has 0 bridgehead atoms. The lowest BCUT2D eigenvalue weighted by molar-refractivity contribution is 1.06. The molecule has 0 radical (unpaired) electrons. The van der Waals surface area contributed by atoms with E-state index in [1.54, 1.807) is 24.8 Å². The highest BCUT2D eigenvalue weighted by Gasteiger charge is 2.19. The van der Waals surface area contributed by atoms with Crippen LogP contribution in [-0.2, 0) is 0 Å². The van der Waals surface area contributed by atoms with Crippen LogP contribution in [0.5, 0.6) is 0 Å². The van der Waals surface area contributed by atoms with Gasteiger partial charge in [0.1, 0.15) is 0 Å². The Balaban J connectivity index is 1.12. The smallest absolute Gasteiger partial charge is 0.168 e. The van der Waals surface area contributed by atoms with Crippen LogP contribution < -0.4 is 4.90 Å². The third-order valence-corrected chi connectivity index (χ3v) is 8.87. The standard InChI is InChI=1S/C42H29N7/c1-2-8-32(9-3-1)47(34-18-20-35(21-19-34)48-39-12-6-4-10-37(39)38-11-5-7-13-40(38)48)33-16-14-30(15-17-33)41-45-46-42(31-22-26-43-27-23-31)49(41)36-24-28-44-29-25-36/h1-29H. The first-order chi connectivity index (χ1) is 24.3. The van der Waals surface area contributed by atoms with E-state index in [-0.39, 0.29) is 0 Å². The average Bonchev–Trinajstić information content (AvgIpc) is 3.77. The fourth-order valence-corrected chi connectivity index (χ4v) is 6.63. The van der Waals surface area contributed by atoms with Gasteiger partial charge >= 0.3 is 0 Å². The first kappa shape index (κ1) is 28.4. The van der Waals surface area contributed by atoms with Gasteiger partial charge in [-0.25, -0.2) is 0 Å². The summed E-state index contributed by atoms with van der Waals surface area (Å²) in [5.74, 6) is 1.48. The molecule has 7 nitrogen and oxygen atoms in total. The first-order valence-corrected chi connectivity index (χ1v) is 16.1. The van der Waals surface area contributed by atoms with Crippen LogP contribution in [0, 0.1) is 0 Å². The van der Waals surface area contributed by atoms with E-state index in [4.69, 9.17) is 0 Å². The minimum atomic E-state index is 0.738. The molecule has 9 aromatic rings. The zero-order chi connectivity index (χ0) is 32.6. The molecule has 0 unspecified atom stereocenters. The van der Waals surface area contributed by atoms with Gasteiger partial charge in [-0.1, -0.05) is 54.6 Å². The Labute approximate surface area is 283 Å². The number of hydrogen-bond donors (Lipinski definition) is 0. The molecular formula is C42H29N7. The zero-order valence-corrected chi connectivity index (χ0v) is 26.4. The molecule has 0 amide bonds. The zero-order valence-electron chi connectivity index (χ0n) is 26.4. The highest BCUT2D eigenvalue weighted by Crippen LogP contribution is 2.38. The van der Waals surface area contributed by atoms with E-state index >= 15 is 0 Å². The van der Waals surface area contributed by atoms with Crippen molar-refractivity contribution in [2.75, 3.05) is 4.90 Å². The van der Waals surface area contributed by atoms with Crippen LogP contribution in [0.1, 0.15) is 0 Å². The van der Waals surface area contributed by atoms with Crippen molar-refractivity contribution >= 4 is 38.9 Å². The number of fused-ring (bicyclic) bond motifs is 3. The second kappa shape index (κ2) is 12.1. The summed E-state index contributed by atoms with van der Waals surface area (Å²) in [5, 5.41) is 11.8. The summed E-state index contributed by atoms with van der Waals surface area (Å²) < 4.78 is 4.41. The summed E-state index contributed by atoms with van der Waals surface area (Å²) in [6.07, 6.45) is 7.09. The largest absolute Gasteiger partial charge is 0.311 e. The molecule has 0 spiro atoms. The number of para-hydroxylation sites is 3. The van der Waals surface area contributed by atoms with Gasteiger partial charge in [0.2, 0.25) is 0 Å². The summed E-state index contributed by atoms with van der Waals surface area (Å²) in [6.45, 7) is 0. The van der Waals surface area contributed by atoms with E-state index in [1.165, 1.54) is 21.8 Å². The number of anilines is 3. The van der Waals surface area contributed by atoms with Crippen molar-refractivity contribution in [1.82, 2.24) is 29.3 Å². The minimum absolute atomic E-state index is 0.738. The van der Waals surface area contributed by atoms with Gasteiger partial charge in [-0.2, -0.15) is 0 Å². The molecular weight excluding hydrogens is 603 g/mol. The van der Waals surface area contributed by atoms with Gasteiger partial charge < -0.3 is 9.47 Å². The van der Waals surface area contributed by atoms with Crippen molar-refractivity contribution < 1.29 is 0 Å². The van der Waals surface area contributed by atoms with Gasteiger partial charge in [-0.15, -0.1) is 10.2 Å². The Morgan fingerprint density at radius 2 is 0.816 bits per heavy atom. The van der Waals surface area contributed by atoms with E-state index in [0.717, 1.165) is 51.2 Å². The lowest BCUT2D eigenvalue weighted by Crippen LogP contribution is -2.10. The van der Waals surface area contributed by atoms with Crippen LogP contribution in [0.3, 0.4) is 0 Å². The van der Waals surface area contributed by atoms with Gasteiger partial charge in [-0.3, -0.25) is 14.5 Å². The third kappa shape index (κ3) is 5.01. The molecule has 7 heteroatoms. The maximum atomic E-state index is 4.66. The predicted octanol–water partition coefficient (Wildman–Crippen LogP) is 9.96. The van der Waals surface area contributed by atoms with Crippen molar-refractivity contribution in [3.05, 3.63) is 176 Å². The molecule has 0 aliphatic heterocycles. The lowest BCUT2D eigenvalue weighted by Gasteiger charge is -2.26.